The predicted octanol–water partition coefficient (Wildman–Crippen LogP) is 2.42. The van der Waals surface area contributed by atoms with Gasteiger partial charge in [0.1, 0.15) is 0 Å². The third-order valence-corrected chi connectivity index (χ3v) is 3.16. The molecule has 1 aromatic heterocycles. The molecule has 2 rings (SSSR count). The Balaban J connectivity index is 2.10. The molecule has 0 spiro atoms. The molecule has 2 aromatic rings. The number of rotatable bonds is 5. The number of anilines is 1. The van der Waals surface area contributed by atoms with Gasteiger partial charge in [-0.05, 0) is 37.6 Å². The number of amides is 1. The highest BCUT2D eigenvalue weighted by Gasteiger charge is 2.13. The van der Waals surface area contributed by atoms with Gasteiger partial charge in [0.25, 0.3) is 5.91 Å². The van der Waals surface area contributed by atoms with Gasteiger partial charge in [-0.25, -0.2) is 0 Å². The van der Waals surface area contributed by atoms with E-state index in [1.165, 1.54) is 0 Å². The van der Waals surface area contributed by atoms with Crippen molar-refractivity contribution in [1.29, 1.82) is 0 Å². The molecule has 0 aliphatic rings. The first-order valence-electron chi connectivity index (χ1n) is 6.69. The summed E-state index contributed by atoms with van der Waals surface area (Å²) in [5, 5.41) is 9.90. The van der Waals surface area contributed by atoms with Crippen LogP contribution >= 0.6 is 0 Å². The summed E-state index contributed by atoms with van der Waals surface area (Å²) in [7, 11) is 1.79. The second-order valence-electron chi connectivity index (χ2n) is 4.83. The number of H-pyrrole nitrogens is 1. The molecule has 2 N–H and O–H groups in total. The van der Waals surface area contributed by atoms with Crippen LogP contribution in [0.1, 0.15) is 28.4 Å². The largest absolute Gasteiger partial charge is 0.385 e. The molecule has 1 heterocycles. The Labute approximate surface area is 119 Å². The average Bonchev–Trinajstić information content (AvgIpc) is 2.93. The highest BCUT2D eigenvalue weighted by molar-refractivity contribution is 5.94. The minimum Gasteiger partial charge on any atom is -0.385 e. The standard InChI is InChI=1S/C15H20N4O/c1-4-16-14-6-5-13(7-11(14)2)15(20)19(3)10-12-8-17-18-9-12/h5-9,16H,4,10H2,1-3H3,(H,17,18). The molecule has 0 fully saturated rings. The fraction of sp³-hybridized carbons (Fsp3) is 0.333. The average molecular weight is 272 g/mol. The zero-order valence-electron chi connectivity index (χ0n) is 12.1. The van der Waals surface area contributed by atoms with Crippen molar-refractivity contribution >= 4 is 11.6 Å². The third-order valence-electron chi connectivity index (χ3n) is 3.16. The third kappa shape index (κ3) is 3.17. The van der Waals surface area contributed by atoms with E-state index < -0.39 is 0 Å². The number of aryl methyl sites for hydroxylation is 1. The van der Waals surface area contributed by atoms with Gasteiger partial charge in [0.2, 0.25) is 0 Å². The molecule has 1 aromatic carbocycles. The SMILES string of the molecule is CCNc1ccc(C(=O)N(C)Cc2cn[nH]c2)cc1C. The van der Waals surface area contributed by atoms with Crippen LogP contribution in [-0.4, -0.2) is 34.6 Å². The lowest BCUT2D eigenvalue weighted by Gasteiger charge is -2.17. The van der Waals surface area contributed by atoms with Crippen molar-refractivity contribution < 1.29 is 4.79 Å². The van der Waals surface area contributed by atoms with E-state index in [0.717, 1.165) is 23.4 Å². The summed E-state index contributed by atoms with van der Waals surface area (Å²) in [6.45, 7) is 5.47. The highest BCUT2D eigenvalue weighted by Crippen LogP contribution is 2.17. The fourth-order valence-corrected chi connectivity index (χ4v) is 2.12. The molecular weight excluding hydrogens is 252 g/mol. The number of nitrogens with one attached hydrogen (secondary N) is 2. The van der Waals surface area contributed by atoms with Crippen LogP contribution in [0.25, 0.3) is 0 Å². The first-order valence-corrected chi connectivity index (χ1v) is 6.69. The zero-order chi connectivity index (χ0) is 14.5. The lowest BCUT2D eigenvalue weighted by molar-refractivity contribution is 0.0785. The van der Waals surface area contributed by atoms with Crippen molar-refractivity contribution in [1.82, 2.24) is 15.1 Å². The van der Waals surface area contributed by atoms with E-state index in [4.69, 9.17) is 0 Å². The van der Waals surface area contributed by atoms with Crippen molar-refractivity contribution in [3.63, 3.8) is 0 Å². The molecule has 0 aliphatic heterocycles. The Morgan fingerprint density at radius 3 is 2.85 bits per heavy atom. The molecule has 0 unspecified atom stereocenters. The molecule has 5 nitrogen and oxygen atoms in total. The first-order chi connectivity index (χ1) is 9.61. The Kier molecular flexibility index (Phi) is 4.40. The number of aromatic nitrogens is 2. The van der Waals surface area contributed by atoms with Gasteiger partial charge < -0.3 is 10.2 Å². The number of benzene rings is 1. The van der Waals surface area contributed by atoms with E-state index in [2.05, 4.69) is 22.4 Å². The maximum Gasteiger partial charge on any atom is 0.253 e. The van der Waals surface area contributed by atoms with Crippen LogP contribution in [0.3, 0.4) is 0 Å². The predicted molar refractivity (Wildman–Crippen MR) is 79.7 cm³/mol. The van der Waals surface area contributed by atoms with Crippen LogP contribution in [0.4, 0.5) is 5.69 Å². The van der Waals surface area contributed by atoms with Gasteiger partial charge in [0, 0.05) is 43.1 Å². The second-order valence-corrected chi connectivity index (χ2v) is 4.83. The van der Waals surface area contributed by atoms with E-state index in [-0.39, 0.29) is 5.91 Å². The van der Waals surface area contributed by atoms with Gasteiger partial charge >= 0.3 is 0 Å². The number of carbonyl (C=O) groups is 1. The Morgan fingerprint density at radius 2 is 2.25 bits per heavy atom. The quantitative estimate of drug-likeness (QED) is 0.878. The molecule has 0 saturated carbocycles. The maximum atomic E-state index is 12.4. The van der Waals surface area contributed by atoms with Crippen LogP contribution < -0.4 is 5.32 Å². The number of aromatic amines is 1. The van der Waals surface area contributed by atoms with E-state index in [1.54, 1.807) is 24.3 Å². The Morgan fingerprint density at radius 1 is 1.45 bits per heavy atom. The summed E-state index contributed by atoms with van der Waals surface area (Å²) in [5.74, 6) is 0.0114. The number of hydrogen-bond acceptors (Lipinski definition) is 3. The fourth-order valence-electron chi connectivity index (χ4n) is 2.12. The molecule has 20 heavy (non-hydrogen) atoms. The van der Waals surface area contributed by atoms with Gasteiger partial charge in [0.15, 0.2) is 0 Å². The van der Waals surface area contributed by atoms with Gasteiger partial charge in [-0.1, -0.05) is 0 Å². The molecule has 0 bridgehead atoms. The van der Waals surface area contributed by atoms with Crippen LogP contribution in [0.2, 0.25) is 0 Å². The lowest BCUT2D eigenvalue weighted by atomic mass is 10.1. The van der Waals surface area contributed by atoms with Crippen LogP contribution in [0, 0.1) is 6.92 Å². The summed E-state index contributed by atoms with van der Waals surface area (Å²) in [4.78, 5) is 14.1. The molecule has 0 atom stereocenters. The van der Waals surface area contributed by atoms with Crippen molar-refractivity contribution in [2.45, 2.75) is 20.4 Å². The molecule has 0 radical (unpaired) electrons. The topological polar surface area (TPSA) is 61.0 Å². The summed E-state index contributed by atoms with van der Waals surface area (Å²) < 4.78 is 0. The zero-order valence-corrected chi connectivity index (χ0v) is 12.1. The molecule has 0 saturated heterocycles. The first kappa shape index (κ1) is 14.1. The molecular formula is C15H20N4O. The van der Waals surface area contributed by atoms with Crippen molar-refractivity contribution in [3.05, 3.63) is 47.3 Å². The molecule has 0 aliphatic carbocycles. The van der Waals surface area contributed by atoms with E-state index in [9.17, 15) is 4.79 Å². The lowest BCUT2D eigenvalue weighted by Crippen LogP contribution is -2.26. The van der Waals surface area contributed by atoms with Crippen LogP contribution in [0.15, 0.2) is 30.6 Å². The van der Waals surface area contributed by atoms with Gasteiger partial charge in [0.05, 0.1) is 6.20 Å². The Bertz CT molecular complexity index is 578. The minimum atomic E-state index is 0.0114. The van der Waals surface area contributed by atoms with Gasteiger partial charge in [-0.3, -0.25) is 9.89 Å². The van der Waals surface area contributed by atoms with E-state index >= 15 is 0 Å². The summed E-state index contributed by atoms with van der Waals surface area (Å²) in [6.07, 6.45) is 3.52. The second kappa shape index (κ2) is 6.23. The van der Waals surface area contributed by atoms with Crippen molar-refractivity contribution in [2.75, 3.05) is 18.9 Å². The Hall–Kier alpha value is -2.30. The molecule has 106 valence electrons. The van der Waals surface area contributed by atoms with Crippen molar-refractivity contribution in [2.24, 2.45) is 0 Å². The normalized spacial score (nSPS) is 10.3. The highest BCUT2D eigenvalue weighted by atomic mass is 16.2. The summed E-state index contributed by atoms with van der Waals surface area (Å²) >= 11 is 0. The number of hydrogen-bond donors (Lipinski definition) is 2. The smallest absolute Gasteiger partial charge is 0.253 e. The van der Waals surface area contributed by atoms with E-state index in [0.29, 0.717) is 12.1 Å². The number of carbonyl (C=O) groups excluding carboxylic acids is 1. The monoisotopic (exact) mass is 272 g/mol. The molecule has 1 amide bonds. The van der Waals surface area contributed by atoms with Crippen LogP contribution in [0.5, 0.6) is 0 Å². The summed E-state index contributed by atoms with van der Waals surface area (Å²) in [5.41, 5.74) is 3.84. The van der Waals surface area contributed by atoms with Crippen LogP contribution in [-0.2, 0) is 6.54 Å². The van der Waals surface area contributed by atoms with Gasteiger partial charge in [-0.15, -0.1) is 0 Å². The van der Waals surface area contributed by atoms with Crippen molar-refractivity contribution in [3.8, 4) is 0 Å². The summed E-state index contributed by atoms with van der Waals surface area (Å²) in [6, 6.07) is 5.74. The minimum absolute atomic E-state index is 0.0114. The molecule has 5 heteroatoms. The number of nitrogens with zero attached hydrogens (tertiary/aromatic N) is 2. The maximum absolute atomic E-state index is 12.4. The van der Waals surface area contributed by atoms with E-state index in [1.807, 2.05) is 25.1 Å². The van der Waals surface area contributed by atoms with Gasteiger partial charge in [-0.2, -0.15) is 5.10 Å².